The van der Waals surface area contributed by atoms with Crippen molar-refractivity contribution < 1.29 is 9.53 Å². The van der Waals surface area contributed by atoms with E-state index in [4.69, 9.17) is 16.2 Å². The topological polar surface area (TPSA) is 109 Å². The van der Waals surface area contributed by atoms with Gasteiger partial charge in [0.05, 0.1) is 30.1 Å². The molecule has 0 aromatic carbocycles. The Morgan fingerprint density at radius 1 is 1.33 bits per heavy atom. The van der Waals surface area contributed by atoms with Crippen LogP contribution in [0, 0.1) is 0 Å². The number of nitrogen functional groups attached to an aromatic ring is 1. The zero-order valence-electron chi connectivity index (χ0n) is 11.3. The van der Waals surface area contributed by atoms with Gasteiger partial charge in [0.25, 0.3) is 5.91 Å². The molecule has 1 amide bonds. The Bertz CT molecular complexity index is 840. The molecule has 3 aromatic rings. The lowest BCUT2D eigenvalue weighted by Gasteiger charge is -2.02. The van der Waals surface area contributed by atoms with Crippen LogP contribution in [0.5, 0.6) is 5.88 Å². The summed E-state index contributed by atoms with van der Waals surface area (Å²) in [6.07, 6.45) is 4.83. The van der Waals surface area contributed by atoms with Crippen LogP contribution in [0.15, 0.2) is 36.8 Å². The average Bonchev–Trinajstić information content (AvgIpc) is 2.92. The SMILES string of the molecule is COc1cc(-c2cc3c(N)c(C(N)=O)cnn3c2)ccn1. The summed E-state index contributed by atoms with van der Waals surface area (Å²) in [4.78, 5) is 15.4. The van der Waals surface area contributed by atoms with Crippen LogP contribution in [-0.4, -0.2) is 27.6 Å². The summed E-state index contributed by atoms with van der Waals surface area (Å²) in [5.41, 5.74) is 14.2. The molecule has 0 aliphatic carbocycles. The van der Waals surface area contributed by atoms with Gasteiger partial charge in [-0.05, 0) is 17.7 Å². The Hall–Kier alpha value is -3.09. The number of aromatic nitrogens is 3. The number of carbonyl (C=O) groups is 1. The number of nitrogens with zero attached hydrogens (tertiary/aromatic N) is 3. The van der Waals surface area contributed by atoms with E-state index in [-0.39, 0.29) is 5.56 Å². The molecule has 0 spiro atoms. The fraction of sp³-hybridized carbons (Fsp3) is 0.0714. The maximum atomic E-state index is 11.3. The van der Waals surface area contributed by atoms with E-state index < -0.39 is 5.91 Å². The van der Waals surface area contributed by atoms with Crippen molar-refractivity contribution in [3.8, 4) is 17.0 Å². The first-order chi connectivity index (χ1) is 10.1. The normalized spacial score (nSPS) is 10.7. The monoisotopic (exact) mass is 283 g/mol. The quantitative estimate of drug-likeness (QED) is 0.747. The highest BCUT2D eigenvalue weighted by atomic mass is 16.5. The molecule has 7 nitrogen and oxygen atoms in total. The van der Waals surface area contributed by atoms with Crippen LogP contribution < -0.4 is 16.2 Å². The third kappa shape index (κ3) is 2.14. The number of anilines is 1. The molecular weight excluding hydrogens is 270 g/mol. The fourth-order valence-electron chi connectivity index (χ4n) is 2.13. The number of amides is 1. The van der Waals surface area contributed by atoms with Crippen molar-refractivity contribution in [1.29, 1.82) is 0 Å². The number of hydrogen-bond acceptors (Lipinski definition) is 5. The summed E-state index contributed by atoms with van der Waals surface area (Å²) >= 11 is 0. The number of methoxy groups -OCH3 is 1. The van der Waals surface area contributed by atoms with Crippen molar-refractivity contribution in [2.24, 2.45) is 5.73 Å². The molecule has 21 heavy (non-hydrogen) atoms. The summed E-state index contributed by atoms with van der Waals surface area (Å²) in [7, 11) is 1.56. The Balaban J connectivity index is 2.17. The van der Waals surface area contributed by atoms with Crippen molar-refractivity contribution in [2.75, 3.05) is 12.8 Å². The fourth-order valence-corrected chi connectivity index (χ4v) is 2.13. The molecule has 0 fully saturated rings. The lowest BCUT2D eigenvalue weighted by molar-refractivity contribution is 0.100. The molecule has 3 heterocycles. The number of ether oxygens (including phenoxy) is 1. The van der Waals surface area contributed by atoms with Crippen LogP contribution in [0.4, 0.5) is 5.69 Å². The van der Waals surface area contributed by atoms with Gasteiger partial charge < -0.3 is 16.2 Å². The largest absolute Gasteiger partial charge is 0.481 e. The highest BCUT2D eigenvalue weighted by molar-refractivity contribution is 6.01. The van der Waals surface area contributed by atoms with E-state index in [1.807, 2.05) is 18.3 Å². The summed E-state index contributed by atoms with van der Waals surface area (Å²) in [5.74, 6) is -0.0858. The zero-order chi connectivity index (χ0) is 15.0. The summed E-state index contributed by atoms with van der Waals surface area (Å²) in [5, 5.41) is 4.14. The number of nitrogens with two attached hydrogens (primary N) is 2. The first kappa shape index (κ1) is 12.9. The average molecular weight is 283 g/mol. The molecule has 0 atom stereocenters. The maximum absolute atomic E-state index is 11.3. The van der Waals surface area contributed by atoms with Crippen LogP contribution in [0.2, 0.25) is 0 Å². The van der Waals surface area contributed by atoms with Gasteiger partial charge in [-0.15, -0.1) is 0 Å². The molecule has 0 unspecified atom stereocenters. The van der Waals surface area contributed by atoms with Gasteiger partial charge in [0, 0.05) is 24.0 Å². The van der Waals surface area contributed by atoms with Gasteiger partial charge in [-0.25, -0.2) is 9.50 Å². The summed E-state index contributed by atoms with van der Waals surface area (Å²) < 4.78 is 6.71. The van der Waals surface area contributed by atoms with E-state index in [1.54, 1.807) is 23.9 Å². The second-order valence-corrected chi connectivity index (χ2v) is 4.48. The Morgan fingerprint density at radius 2 is 2.14 bits per heavy atom. The lowest BCUT2D eigenvalue weighted by Crippen LogP contribution is -2.15. The lowest BCUT2D eigenvalue weighted by atomic mass is 10.1. The molecule has 3 rings (SSSR count). The first-order valence-electron chi connectivity index (χ1n) is 6.17. The van der Waals surface area contributed by atoms with Crippen molar-refractivity contribution in [1.82, 2.24) is 14.6 Å². The predicted octanol–water partition coefficient (Wildman–Crippen LogP) is 1.09. The molecule has 3 aromatic heterocycles. The van der Waals surface area contributed by atoms with E-state index in [1.165, 1.54) is 6.20 Å². The van der Waals surface area contributed by atoms with Gasteiger partial charge in [-0.2, -0.15) is 5.10 Å². The van der Waals surface area contributed by atoms with Crippen molar-refractivity contribution in [3.05, 3.63) is 42.4 Å². The minimum Gasteiger partial charge on any atom is -0.481 e. The van der Waals surface area contributed by atoms with E-state index in [0.29, 0.717) is 17.1 Å². The summed E-state index contributed by atoms with van der Waals surface area (Å²) in [6, 6.07) is 5.49. The smallest absolute Gasteiger partial charge is 0.252 e. The third-order valence-electron chi connectivity index (χ3n) is 3.22. The number of hydrogen-bond donors (Lipinski definition) is 2. The van der Waals surface area contributed by atoms with Gasteiger partial charge in [0.15, 0.2) is 0 Å². The predicted molar refractivity (Wildman–Crippen MR) is 77.9 cm³/mol. The molecule has 0 bridgehead atoms. The summed E-state index contributed by atoms with van der Waals surface area (Å²) in [6.45, 7) is 0. The molecule has 4 N–H and O–H groups in total. The Labute approximate surface area is 120 Å². The number of rotatable bonds is 3. The van der Waals surface area contributed by atoms with E-state index in [2.05, 4.69) is 10.1 Å². The number of primary amides is 1. The first-order valence-corrected chi connectivity index (χ1v) is 6.17. The molecule has 0 saturated carbocycles. The van der Waals surface area contributed by atoms with E-state index in [0.717, 1.165) is 11.1 Å². The van der Waals surface area contributed by atoms with Crippen molar-refractivity contribution >= 4 is 17.1 Å². The van der Waals surface area contributed by atoms with Crippen LogP contribution >= 0.6 is 0 Å². The standard InChI is InChI=1S/C14H13N5O2/c1-21-12-5-8(2-3-17-12)9-4-11-13(15)10(14(16)20)6-18-19(11)7-9/h2-7H,15H2,1H3,(H2,16,20). The van der Waals surface area contributed by atoms with Crippen molar-refractivity contribution in [3.63, 3.8) is 0 Å². The minimum atomic E-state index is -0.601. The Kier molecular flexibility index (Phi) is 2.94. The molecule has 0 aliphatic heterocycles. The highest BCUT2D eigenvalue weighted by Gasteiger charge is 2.13. The molecule has 0 aliphatic rings. The minimum absolute atomic E-state index is 0.208. The molecular formula is C14H13N5O2. The van der Waals surface area contributed by atoms with Gasteiger partial charge in [-0.1, -0.05) is 0 Å². The van der Waals surface area contributed by atoms with Gasteiger partial charge in [0.1, 0.15) is 0 Å². The van der Waals surface area contributed by atoms with Crippen LogP contribution in [0.3, 0.4) is 0 Å². The third-order valence-corrected chi connectivity index (χ3v) is 3.22. The molecule has 0 radical (unpaired) electrons. The maximum Gasteiger partial charge on any atom is 0.252 e. The number of carbonyl (C=O) groups excluding carboxylic acids is 1. The number of pyridine rings is 1. The molecule has 106 valence electrons. The highest BCUT2D eigenvalue weighted by Crippen LogP contribution is 2.27. The van der Waals surface area contributed by atoms with Crippen LogP contribution in [-0.2, 0) is 0 Å². The molecule has 7 heteroatoms. The zero-order valence-corrected chi connectivity index (χ0v) is 11.3. The number of fused-ring (bicyclic) bond motifs is 1. The van der Waals surface area contributed by atoms with Gasteiger partial charge in [-0.3, -0.25) is 4.79 Å². The Morgan fingerprint density at radius 3 is 2.86 bits per heavy atom. The van der Waals surface area contributed by atoms with Crippen LogP contribution in [0.1, 0.15) is 10.4 Å². The second-order valence-electron chi connectivity index (χ2n) is 4.48. The van der Waals surface area contributed by atoms with Crippen molar-refractivity contribution in [2.45, 2.75) is 0 Å². The molecule has 0 saturated heterocycles. The van der Waals surface area contributed by atoms with Gasteiger partial charge in [0.2, 0.25) is 5.88 Å². The second kappa shape index (κ2) is 4.78. The van der Waals surface area contributed by atoms with Crippen LogP contribution in [0.25, 0.3) is 16.6 Å². The van der Waals surface area contributed by atoms with Gasteiger partial charge >= 0.3 is 0 Å². The van der Waals surface area contributed by atoms with E-state index in [9.17, 15) is 4.79 Å². The van der Waals surface area contributed by atoms with E-state index >= 15 is 0 Å².